The third kappa shape index (κ3) is 5.91. The van der Waals surface area contributed by atoms with Gasteiger partial charge in [-0.25, -0.2) is 0 Å². The van der Waals surface area contributed by atoms with Crippen LogP contribution in [0.15, 0.2) is 0 Å². The lowest BCUT2D eigenvalue weighted by molar-refractivity contribution is -0.138. The van der Waals surface area contributed by atoms with E-state index in [0.29, 0.717) is 5.75 Å². The molecule has 0 aromatic heterocycles. The molecule has 10 heavy (non-hydrogen) atoms. The fraction of sp³-hybridized carbons (Fsp3) is 0.833. The van der Waals surface area contributed by atoms with Gasteiger partial charge in [0.15, 0.2) is 0 Å². The molecule has 0 aromatic rings. The third-order valence-electron chi connectivity index (χ3n) is 0.925. The molecular weight excluding hydrogens is 152 g/mol. The Morgan fingerprint density at radius 1 is 1.70 bits per heavy atom. The predicted molar refractivity (Wildman–Crippen MR) is 41.3 cm³/mol. The van der Waals surface area contributed by atoms with Crippen molar-refractivity contribution < 1.29 is 15.0 Å². The first-order valence-corrected chi connectivity index (χ1v) is 4.30. The minimum atomic E-state index is -0.941. The summed E-state index contributed by atoms with van der Waals surface area (Å²) < 4.78 is 0. The fourth-order valence-corrected chi connectivity index (χ4v) is 1.14. The number of hydrogen-bond acceptors (Lipinski definition) is 3. The highest BCUT2D eigenvalue weighted by atomic mass is 32.2. The predicted octanol–water partition coefficient (Wildman–Crippen LogP) is 0.575. The molecule has 0 amide bonds. The Kier molecular flexibility index (Phi) is 5.43. The van der Waals surface area contributed by atoms with Gasteiger partial charge in [0.25, 0.3) is 0 Å². The molecule has 0 unspecified atom stereocenters. The first-order chi connectivity index (χ1) is 4.66. The summed E-state index contributed by atoms with van der Waals surface area (Å²) in [5.41, 5.74) is 0. The molecule has 0 saturated heterocycles. The Morgan fingerprint density at radius 2 is 2.30 bits per heavy atom. The van der Waals surface area contributed by atoms with E-state index in [1.165, 1.54) is 0 Å². The number of thioether (sulfide) groups is 1. The van der Waals surface area contributed by atoms with Gasteiger partial charge in [-0.15, -0.1) is 0 Å². The van der Waals surface area contributed by atoms with E-state index in [9.17, 15) is 4.79 Å². The minimum absolute atomic E-state index is 0.146. The van der Waals surface area contributed by atoms with E-state index in [1.807, 2.05) is 6.92 Å². The molecule has 0 aromatic carbocycles. The monoisotopic (exact) mass is 164 g/mol. The zero-order valence-electron chi connectivity index (χ0n) is 5.91. The highest BCUT2D eigenvalue weighted by molar-refractivity contribution is 7.99. The van der Waals surface area contributed by atoms with E-state index in [4.69, 9.17) is 10.2 Å². The van der Waals surface area contributed by atoms with Crippen molar-refractivity contribution >= 4 is 17.7 Å². The largest absolute Gasteiger partial charge is 0.481 e. The standard InChI is InChI=1S/C6H12O3S/c1-2-10-4-5(7)3-6(8)9/h5,7H,2-4H2,1H3,(H,8,9)/t5-/m0/s1. The smallest absolute Gasteiger partial charge is 0.306 e. The molecule has 0 heterocycles. The van der Waals surface area contributed by atoms with E-state index in [1.54, 1.807) is 11.8 Å². The number of aliphatic hydroxyl groups excluding tert-OH is 1. The molecule has 60 valence electrons. The number of carbonyl (C=O) groups is 1. The molecule has 0 aliphatic rings. The number of hydrogen-bond donors (Lipinski definition) is 2. The Bertz CT molecular complexity index is 105. The summed E-state index contributed by atoms with van der Waals surface area (Å²) in [4.78, 5) is 10.0. The van der Waals surface area contributed by atoms with Crippen LogP contribution < -0.4 is 0 Å². The molecule has 0 rings (SSSR count). The molecule has 0 spiro atoms. The summed E-state index contributed by atoms with van der Waals surface area (Å²) in [5, 5.41) is 17.2. The van der Waals surface area contributed by atoms with E-state index in [-0.39, 0.29) is 6.42 Å². The Hall–Kier alpha value is -0.220. The van der Waals surface area contributed by atoms with Crippen LogP contribution in [0.1, 0.15) is 13.3 Å². The lowest BCUT2D eigenvalue weighted by atomic mass is 10.3. The molecule has 1 atom stereocenters. The maximum absolute atomic E-state index is 10.0. The van der Waals surface area contributed by atoms with Crippen molar-refractivity contribution in [3.63, 3.8) is 0 Å². The minimum Gasteiger partial charge on any atom is -0.481 e. The molecular formula is C6H12O3S. The van der Waals surface area contributed by atoms with Crippen LogP contribution in [0.3, 0.4) is 0 Å². The van der Waals surface area contributed by atoms with Crippen LogP contribution in [0.25, 0.3) is 0 Å². The lowest BCUT2D eigenvalue weighted by Crippen LogP contribution is -2.15. The molecule has 0 aliphatic heterocycles. The summed E-state index contributed by atoms with van der Waals surface area (Å²) in [6.45, 7) is 1.97. The topological polar surface area (TPSA) is 57.5 Å². The quantitative estimate of drug-likeness (QED) is 0.624. The zero-order valence-corrected chi connectivity index (χ0v) is 6.73. The van der Waals surface area contributed by atoms with Crippen molar-refractivity contribution in [2.75, 3.05) is 11.5 Å². The molecule has 4 heteroatoms. The van der Waals surface area contributed by atoms with Crippen LogP contribution in [0.5, 0.6) is 0 Å². The molecule has 2 N–H and O–H groups in total. The second-order valence-electron chi connectivity index (χ2n) is 1.91. The highest BCUT2D eigenvalue weighted by Crippen LogP contribution is 2.04. The molecule has 0 radical (unpaired) electrons. The van der Waals surface area contributed by atoms with Crippen molar-refractivity contribution in [1.29, 1.82) is 0 Å². The number of carboxylic acid groups (broad SMARTS) is 1. The molecule has 0 fully saturated rings. The van der Waals surface area contributed by atoms with Crippen molar-refractivity contribution in [3.05, 3.63) is 0 Å². The van der Waals surface area contributed by atoms with Crippen LogP contribution in [-0.4, -0.2) is 33.8 Å². The summed E-state index contributed by atoms with van der Waals surface area (Å²) in [6, 6.07) is 0. The Balaban J connectivity index is 3.25. The van der Waals surface area contributed by atoms with Gasteiger partial charge in [-0.1, -0.05) is 6.92 Å². The van der Waals surface area contributed by atoms with Gasteiger partial charge in [0.05, 0.1) is 12.5 Å². The van der Waals surface area contributed by atoms with Gasteiger partial charge < -0.3 is 10.2 Å². The fourth-order valence-electron chi connectivity index (χ4n) is 0.514. The third-order valence-corrected chi connectivity index (χ3v) is 1.95. The second kappa shape index (κ2) is 5.56. The Labute approximate surface area is 64.4 Å². The molecule has 0 aliphatic carbocycles. The van der Waals surface area contributed by atoms with Crippen molar-refractivity contribution in [2.24, 2.45) is 0 Å². The van der Waals surface area contributed by atoms with E-state index in [0.717, 1.165) is 5.75 Å². The van der Waals surface area contributed by atoms with Crippen LogP contribution in [0.4, 0.5) is 0 Å². The first kappa shape index (κ1) is 9.78. The van der Waals surface area contributed by atoms with E-state index in [2.05, 4.69) is 0 Å². The highest BCUT2D eigenvalue weighted by Gasteiger charge is 2.07. The van der Waals surface area contributed by atoms with Crippen molar-refractivity contribution in [3.8, 4) is 0 Å². The summed E-state index contributed by atoms with van der Waals surface area (Å²) >= 11 is 1.54. The maximum Gasteiger partial charge on any atom is 0.306 e. The van der Waals surface area contributed by atoms with Crippen molar-refractivity contribution in [2.45, 2.75) is 19.4 Å². The lowest BCUT2D eigenvalue weighted by Gasteiger charge is -2.04. The number of carboxylic acids is 1. The Morgan fingerprint density at radius 3 is 2.70 bits per heavy atom. The maximum atomic E-state index is 10.0. The molecule has 0 bridgehead atoms. The van der Waals surface area contributed by atoms with Crippen LogP contribution in [-0.2, 0) is 4.79 Å². The van der Waals surface area contributed by atoms with Gasteiger partial charge >= 0.3 is 5.97 Å². The first-order valence-electron chi connectivity index (χ1n) is 3.14. The summed E-state index contributed by atoms with van der Waals surface area (Å²) in [7, 11) is 0. The van der Waals surface area contributed by atoms with Gasteiger partial charge in [-0.3, -0.25) is 4.79 Å². The van der Waals surface area contributed by atoms with Gasteiger partial charge in [0.2, 0.25) is 0 Å². The summed E-state index contributed by atoms with van der Waals surface area (Å²) in [5.74, 6) is 0.489. The average Bonchev–Trinajstić information content (AvgIpc) is 1.82. The van der Waals surface area contributed by atoms with E-state index < -0.39 is 12.1 Å². The van der Waals surface area contributed by atoms with Crippen molar-refractivity contribution in [1.82, 2.24) is 0 Å². The van der Waals surface area contributed by atoms with Gasteiger partial charge in [-0.05, 0) is 5.75 Å². The number of aliphatic carboxylic acids is 1. The second-order valence-corrected chi connectivity index (χ2v) is 3.23. The number of aliphatic hydroxyl groups is 1. The molecule has 3 nitrogen and oxygen atoms in total. The van der Waals surface area contributed by atoms with E-state index >= 15 is 0 Å². The van der Waals surface area contributed by atoms with Gasteiger partial charge in [-0.2, -0.15) is 11.8 Å². The molecule has 0 saturated carbocycles. The normalized spacial score (nSPS) is 13.0. The van der Waals surface area contributed by atoms with Crippen LogP contribution in [0, 0.1) is 0 Å². The average molecular weight is 164 g/mol. The van der Waals surface area contributed by atoms with Crippen LogP contribution in [0.2, 0.25) is 0 Å². The van der Waals surface area contributed by atoms with Crippen LogP contribution >= 0.6 is 11.8 Å². The number of rotatable bonds is 5. The SMILES string of the molecule is CCSC[C@@H](O)CC(=O)O. The zero-order chi connectivity index (χ0) is 7.98. The van der Waals surface area contributed by atoms with Gasteiger partial charge in [0, 0.05) is 5.75 Å². The van der Waals surface area contributed by atoms with Gasteiger partial charge in [0.1, 0.15) is 0 Å². The summed E-state index contributed by atoms with van der Waals surface area (Å²) in [6.07, 6.45) is -0.838.